The van der Waals surface area contributed by atoms with Crippen molar-refractivity contribution < 1.29 is 9.30 Å². The molecular formula is C29H34NOS+. The van der Waals surface area contributed by atoms with Gasteiger partial charge in [-0.3, -0.25) is 0 Å². The van der Waals surface area contributed by atoms with Crippen molar-refractivity contribution in [3.8, 4) is 22.8 Å². The zero-order valence-corrected chi connectivity index (χ0v) is 21.5. The minimum absolute atomic E-state index is 0.230. The fraction of sp³-hybridized carbons (Fsp3) is 0.414. The molecule has 3 heterocycles. The number of ether oxygens (including phenoxy) is 1. The largest absolute Gasteiger partial charge is 0.449 e. The Morgan fingerprint density at radius 2 is 1.84 bits per heavy atom. The van der Waals surface area contributed by atoms with E-state index in [4.69, 9.17) is 4.74 Å². The summed E-state index contributed by atoms with van der Waals surface area (Å²) in [4.78, 5) is 0. The Morgan fingerprint density at radius 1 is 1.09 bits per heavy atom. The first-order valence-corrected chi connectivity index (χ1v) is 12.6. The summed E-state index contributed by atoms with van der Waals surface area (Å²) >= 11 is 1.83. The standard InChI is InChI=1S/C29H34NOS/c1-16(2)11-21-27-26(30(8)22-9-10-32-28(21)22)24-18(4)17(3)12-20-13-19(15-29(5,6)7)14-23(31-27)25(20)24/h9-10,12-14,16H,11,15H2,1-8H3/q+1. The number of rotatable bonds is 3. The molecule has 32 heavy (non-hydrogen) atoms. The van der Waals surface area contributed by atoms with Crippen LogP contribution in [0, 0.1) is 25.2 Å². The molecule has 1 aliphatic heterocycles. The first-order valence-electron chi connectivity index (χ1n) is 11.7. The Kier molecular flexibility index (Phi) is 4.90. The lowest BCUT2D eigenvalue weighted by molar-refractivity contribution is -0.633. The van der Waals surface area contributed by atoms with Gasteiger partial charge in [-0.1, -0.05) is 46.8 Å². The van der Waals surface area contributed by atoms with Gasteiger partial charge in [-0.05, 0) is 71.5 Å². The Labute approximate surface area is 195 Å². The molecule has 0 aliphatic carbocycles. The molecule has 1 aliphatic rings. The molecule has 5 rings (SSSR count). The van der Waals surface area contributed by atoms with E-state index in [0.29, 0.717) is 5.92 Å². The molecule has 0 spiro atoms. The van der Waals surface area contributed by atoms with E-state index in [-0.39, 0.29) is 5.41 Å². The molecule has 0 N–H and O–H groups in total. The average molecular weight is 445 g/mol. The zero-order chi connectivity index (χ0) is 22.9. The van der Waals surface area contributed by atoms with Gasteiger partial charge in [0.1, 0.15) is 17.5 Å². The molecule has 0 atom stereocenters. The number of aromatic nitrogens is 1. The van der Waals surface area contributed by atoms with Crippen molar-refractivity contribution in [3.05, 3.63) is 51.9 Å². The second-order valence-corrected chi connectivity index (χ2v) is 12.1. The maximum Gasteiger partial charge on any atom is 0.257 e. The molecule has 0 unspecified atom stereocenters. The monoisotopic (exact) mass is 444 g/mol. The van der Waals surface area contributed by atoms with E-state index in [1.807, 2.05) is 11.3 Å². The highest BCUT2D eigenvalue weighted by Gasteiger charge is 2.35. The normalized spacial score (nSPS) is 13.2. The van der Waals surface area contributed by atoms with Crippen LogP contribution in [-0.4, -0.2) is 0 Å². The van der Waals surface area contributed by atoms with Crippen molar-refractivity contribution in [2.24, 2.45) is 18.4 Å². The fourth-order valence-corrected chi connectivity index (χ4v) is 6.28. The van der Waals surface area contributed by atoms with Gasteiger partial charge in [0.15, 0.2) is 0 Å². The summed E-state index contributed by atoms with van der Waals surface area (Å²) < 4.78 is 10.6. The van der Waals surface area contributed by atoms with Gasteiger partial charge in [0, 0.05) is 17.0 Å². The van der Waals surface area contributed by atoms with Gasteiger partial charge in [-0.2, -0.15) is 4.57 Å². The van der Waals surface area contributed by atoms with Crippen LogP contribution in [0.2, 0.25) is 0 Å². The van der Waals surface area contributed by atoms with Crippen LogP contribution in [-0.2, 0) is 19.9 Å². The van der Waals surface area contributed by atoms with Crippen LogP contribution < -0.4 is 9.30 Å². The minimum Gasteiger partial charge on any atom is -0.449 e. The van der Waals surface area contributed by atoms with Crippen LogP contribution in [0.3, 0.4) is 0 Å². The topological polar surface area (TPSA) is 13.1 Å². The van der Waals surface area contributed by atoms with Gasteiger partial charge in [0.05, 0.1) is 5.56 Å². The molecule has 0 saturated carbocycles. The summed E-state index contributed by atoms with van der Waals surface area (Å²) in [5.74, 6) is 2.65. The summed E-state index contributed by atoms with van der Waals surface area (Å²) in [6.45, 7) is 16.0. The summed E-state index contributed by atoms with van der Waals surface area (Å²) in [7, 11) is 2.20. The van der Waals surface area contributed by atoms with Gasteiger partial charge < -0.3 is 4.74 Å². The van der Waals surface area contributed by atoms with Gasteiger partial charge in [-0.15, -0.1) is 11.3 Å². The number of aryl methyl sites for hydroxylation is 2. The zero-order valence-electron chi connectivity index (χ0n) is 20.6. The highest BCUT2D eigenvalue weighted by Crippen LogP contribution is 2.51. The van der Waals surface area contributed by atoms with E-state index < -0.39 is 0 Å². The molecule has 3 heteroatoms. The minimum atomic E-state index is 0.230. The van der Waals surface area contributed by atoms with Crippen molar-refractivity contribution in [3.63, 3.8) is 0 Å². The van der Waals surface area contributed by atoms with Crippen LogP contribution in [0.4, 0.5) is 0 Å². The van der Waals surface area contributed by atoms with E-state index in [9.17, 15) is 0 Å². The van der Waals surface area contributed by atoms with Crippen LogP contribution in [0.1, 0.15) is 56.9 Å². The molecule has 0 amide bonds. The molecule has 0 fully saturated rings. The third-order valence-electron chi connectivity index (χ3n) is 6.68. The maximum atomic E-state index is 6.88. The Hall–Kier alpha value is -2.39. The molecular weight excluding hydrogens is 410 g/mol. The number of hydrogen-bond donors (Lipinski definition) is 0. The predicted molar refractivity (Wildman–Crippen MR) is 137 cm³/mol. The quantitative estimate of drug-likeness (QED) is 0.257. The highest BCUT2D eigenvalue weighted by molar-refractivity contribution is 7.17. The van der Waals surface area contributed by atoms with Crippen molar-refractivity contribution >= 4 is 32.3 Å². The third-order valence-corrected chi connectivity index (χ3v) is 7.64. The molecule has 0 saturated heterocycles. The van der Waals surface area contributed by atoms with Gasteiger partial charge >= 0.3 is 0 Å². The lowest BCUT2D eigenvalue weighted by Gasteiger charge is -2.26. The number of thiophene rings is 1. The second-order valence-electron chi connectivity index (χ2n) is 11.2. The second kappa shape index (κ2) is 7.31. The van der Waals surface area contributed by atoms with E-state index in [1.54, 1.807) is 0 Å². The predicted octanol–water partition coefficient (Wildman–Crippen LogP) is 8.06. The average Bonchev–Trinajstić information content (AvgIpc) is 3.16. The molecule has 0 radical (unpaired) electrons. The Morgan fingerprint density at radius 3 is 2.53 bits per heavy atom. The first-order chi connectivity index (χ1) is 15.0. The lowest BCUT2D eigenvalue weighted by Crippen LogP contribution is -2.34. The van der Waals surface area contributed by atoms with Crippen LogP contribution in [0.15, 0.2) is 29.6 Å². The number of benzene rings is 2. The van der Waals surface area contributed by atoms with Crippen molar-refractivity contribution in [2.75, 3.05) is 0 Å². The maximum absolute atomic E-state index is 6.88. The van der Waals surface area contributed by atoms with Gasteiger partial charge in [-0.25, -0.2) is 0 Å². The summed E-state index contributed by atoms with van der Waals surface area (Å²) in [5.41, 5.74) is 9.52. The number of pyridine rings is 1. The highest BCUT2D eigenvalue weighted by atomic mass is 32.1. The molecule has 4 aromatic rings. The van der Waals surface area contributed by atoms with Gasteiger partial charge in [0.25, 0.3) is 5.69 Å². The van der Waals surface area contributed by atoms with Crippen molar-refractivity contribution in [1.29, 1.82) is 0 Å². The molecule has 0 bridgehead atoms. The molecule has 2 nitrogen and oxygen atoms in total. The molecule has 166 valence electrons. The fourth-order valence-electron chi connectivity index (χ4n) is 5.30. The molecule has 2 aromatic heterocycles. The van der Waals surface area contributed by atoms with E-state index in [1.165, 1.54) is 54.5 Å². The van der Waals surface area contributed by atoms with Crippen LogP contribution in [0.25, 0.3) is 32.2 Å². The Balaban J connectivity index is 1.90. The number of nitrogens with zero attached hydrogens (tertiary/aromatic N) is 1. The summed E-state index contributed by atoms with van der Waals surface area (Å²) in [6.07, 6.45) is 2.05. The van der Waals surface area contributed by atoms with Crippen LogP contribution >= 0.6 is 11.3 Å². The van der Waals surface area contributed by atoms with Gasteiger partial charge in [0.2, 0.25) is 11.3 Å². The first kappa shape index (κ1) is 21.5. The van der Waals surface area contributed by atoms with Crippen LogP contribution in [0.5, 0.6) is 11.5 Å². The van der Waals surface area contributed by atoms with E-state index in [2.05, 4.69) is 89.7 Å². The van der Waals surface area contributed by atoms with Crippen molar-refractivity contribution in [1.82, 2.24) is 0 Å². The SMILES string of the molecule is Cc1cc2cc(CC(C)(C)C)cc3c2c(c1C)-c1c(c(CC(C)C)c2sccc2[n+]1C)O3. The van der Waals surface area contributed by atoms with E-state index in [0.717, 1.165) is 24.3 Å². The van der Waals surface area contributed by atoms with E-state index >= 15 is 0 Å². The summed E-state index contributed by atoms with van der Waals surface area (Å²) in [5, 5.41) is 4.77. The lowest BCUT2D eigenvalue weighted by atomic mass is 9.84. The Bertz CT molecular complexity index is 1380. The number of hydrogen-bond acceptors (Lipinski definition) is 2. The third kappa shape index (κ3) is 3.33. The molecule has 2 aromatic carbocycles. The smallest absolute Gasteiger partial charge is 0.257 e. The number of fused-ring (bicyclic) bond motifs is 3. The van der Waals surface area contributed by atoms with Crippen molar-refractivity contribution in [2.45, 2.75) is 61.3 Å². The summed E-state index contributed by atoms with van der Waals surface area (Å²) in [6, 6.07) is 9.28.